The molecule has 30 heavy (non-hydrogen) atoms. The van der Waals surface area contributed by atoms with Crippen LogP contribution in [0.15, 0.2) is 47.5 Å². The summed E-state index contributed by atoms with van der Waals surface area (Å²) in [7, 11) is 0. The van der Waals surface area contributed by atoms with Gasteiger partial charge in [-0.2, -0.15) is 0 Å². The van der Waals surface area contributed by atoms with Crippen LogP contribution in [-0.2, 0) is 19.7 Å². The van der Waals surface area contributed by atoms with Gasteiger partial charge < -0.3 is 14.8 Å². The zero-order valence-electron chi connectivity index (χ0n) is 16.2. The molecule has 0 atom stereocenters. The van der Waals surface area contributed by atoms with Crippen LogP contribution >= 0.6 is 39.1 Å². The van der Waals surface area contributed by atoms with Gasteiger partial charge in [0.1, 0.15) is 6.61 Å². The van der Waals surface area contributed by atoms with Crippen LogP contribution in [0.25, 0.3) is 0 Å². The third kappa shape index (κ3) is 5.65. The van der Waals surface area contributed by atoms with Crippen LogP contribution in [0.3, 0.4) is 0 Å². The first-order valence-electron chi connectivity index (χ1n) is 9.14. The molecule has 3 aromatic rings. The molecule has 0 radical (unpaired) electrons. The van der Waals surface area contributed by atoms with Crippen molar-refractivity contribution in [2.24, 2.45) is 0 Å². The molecule has 0 aliphatic heterocycles. The number of rotatable bonds is 10. The number of allylic oxidation sites excluding steroid dienone is 1. The van der Waals surface area contributed by atoms with Gasteiger partial charge in [-0.25, -0.2) is 4.68 Å². The molecule has 0 aliphatic rings. The summed E-state index contributed by atoms with van der Waals surface area (Å²) in [5.74, 6) is 1.79. The van der Waals surface area contributed by atoms with Crippen LogP contribution in [0.1, 0.15) is 18.1 Å². The lowest BCUT2D eigenvalue weighted by molar-refractivity contribution is 0.269. The monoisotopic (exact) mass is 511 g/mol. The van der Waals surface area contributed by atoms with E-state index in [9.17, 15) is 0 Å². The van der Waals surface area contributed by atoms with Crippen molar-refractivity contribution >= 4 is 45.1 Å². The van der Waals surface area contributed by atoms with E-state index in [1.807, 2.05) is 25.1 Å². The van der Waals surface area contributed by atoms with Gasteiger partial charge >= 0.3 is 0 Å². The highest BCUT2D eigenvalue weighted by molar-refractivity contribution is 9.10. The molecule has 1 N–H and O–H groups in total. The zero-order valence-corrected chi connectivity index (χ0v) is 19.3. The summed E-state index contributed by atoms with van der Waals surface area (Å²) in [5.41, 5.74) is 1.79. The molecule has 3 rings (SSSR count). The molecule has 1 heterocycles. The van der Waals surface area contributed by atoms with E-state index in [0.717, 1.165) is 15.6 Å². The van der Waals surface area contributed by atoms with Crippen molar-refractivity contribution in [3.63, 3.8) is 0 Å². The third-order valence-corrected chi connectivity index (χ3v) is 5.41. The first kappa shape index (κ1) is 22.4. The van der Waals surface area contributed by atoms with E-state index >= 15 is 0 Å². The van der Waals surface area contributed by atoms with Gasteiger partial charge in [-0.3, -0.25) is 0 Å². The van der Waals surface area contributed by atoms with E-state index < -0.39 is 0 Å². The Bertz CT molecular complexity index is 1030. The Labute approximate surface area is 193 Å². The quantitative estimate of drug-likeness (QED) is 0.360. The summed E-state index contributed by atoms with van der Waals surface area (Å²) < 4.78 is 14.2. The molecule has 158 valence electrons. The Morgan fingerprint density at radius 3 is 2.70 bits per heavy atom. The summed E-state index contributed by atoms with van der Waals surface area (Å²) in [6.07, 6.45) is 1.73. The van der Waals surface area contributed by atoms with E-state index in [-0.39, 0.29) is 6.61 Å². The molecule has 0 bridgehead atoms. The van der Waals surface area contributed by atoms with Crippen LogP contribution in [0.4, 0.5) is 5.95 Å². The Morgan fingerprint density at radius 2 is 1.97 bits per heavy atom. The third-order valence-electron chi connectivity index (χ3n) is 4.08. The Balaban J connectivity index is 1.75. The van der Waals surface area contributed by atoms with Gasteiger partial charge in [-0.1, -0.05) is 56.4 Å². The number of ether oxygens (including phenoxy) is 2. The van der Waals surface area contributed by atoms with Gasteiger partial charge in [-0.15, -0.1) is 6.58 Å². The Morgan fingerprint density at radius 1 is 1.17 bits per heavy atom. The molecule has 10 heteroatoms. The summed E-state index contributed by atoms with van der Waals surface area (Å²) >= 11 is 15.8. The molecule has 7 nitrogen and oxygen atoms in total. The average Bonchev–Trinajstić information content (AvgIpc) is 3.15. The molecule has 0 unspecified atom stereocenters. The van der Waals surface area contributed by atoms with E-state index in [0.29, 0.717) is 47.2 Å². The summed E-state index contributed by atoms with van der Waals surface area (Å²) in [6, 6.07) is 9.10. The van der Waals surface area contributed by atoms with Crippen molar-refractivity contribution in [3.8, 4) is 11.5 Å². The number of nitrogens with zero attached hydrogens (tertiary/aromatic N) is 4. The summed E-state index contributed by atoms with van der Waals surface area (Å²) in [6.45, 7) is 7.42. The highest BCUT2D eigenvalue weighted by Crippen LogP contribution is 2.35. The number of benzene rings is 2. The van der Waals surface area contributed by atoms with Crippen molar-refractivity contribution in [1.29, 1.82) is 0 Å². The number of tetrazole rings is 1. The number of hydrogen-bond acceptors (Lipinski definition) is 6. The lowest BCUT2D eigenvalue weighted by atomic mass is 10.2. The highest BCUT2D eigenvalue weighted by atomic mass is 79.9. The Kier molecular flexibility index (Phi) is 7.95. The predicted octanol–water partition coefficient (Wildman–Crippen LogP) is 5.52. The fourth-order valence-corrected chi connectivity index (χ4v) is 3.56. The molecule has 0 saturated heterocycles. The molecular formula is C20H20BrCl2N5O2. The largest absolute Gasteiger partial charge is 0.490 e. The Hall–Kier alpha value is -2.29. The minimum absolute atomic E-state index is 0.288. The van der Waals surface area contributed by atoms with Crippen molar-refractivity contribution in [3.05, 3.63) is 68.6 Å². The summed E-state index contributed by atoms with van der Waals surface area (Å²) in [4.78, 5) is 0. The first-order chi connectivity index (χ1) is 14.5. The second kappa shape index (κ2) is 10.7. The molecule has 0 amide bonds. The maximum Gasteiger partial charge on any atom is 0.243 e. The molecular weight excluding hydrogens is 493 g/mol. The average molecular weight is 513 g/mol. The van der Waals surface area contributed by atoms with E-state index in [1.54, 1.807) is 22.9 Å². The normalized spacial score (nSPS) is 10.7. The van der Waals surface area contributed by atoms with Crippen molar-refractivity contribution < 1.29 is 9.47 Å². The molecule has 0 spiro atoms. The summed E-state index contributed by atoms with van der Waals surface area (Å²) in [5, 5.41) is 15.9. The molecule has 0 aliphatic carbocycles. The van der Waals surface area contributed by atoms with Crippen LogP contribution in [0.5, 0.6) is 11.5 Å². The number of aromatic nitrogens is 4. The van der Waals surface area contributed by atoms with Gasteiger partial charge in [-0.05, 0) is 47.2 Å². The molecule has 0 fully saturated rings. The fraction of sp³-hybridized carbons (Fsp3) is 0.250. The number of anilines is 1. The molecule has 0 saturated carbocycles. The predicted molar refractivity (Wildman–Crippen MR) is 121 cm³/mol. The van der Waals surface area contributed by atoms with Gasteiger partial charge in [0.25, 0.3) is 0 Å². The lowest BCUT2D eigenvalue weighted by Gasteiger charge is -2.16. The smallest absolute Gasteiger partial charge is 0.243 e. The van der Waals surface area contributed by atoms with Crippen molar-refractivity contribution in [2.75, 3.05) is 11.9 Å². The maximum atomic E-state index is 6.24. The minimum atomic E-state index is 0.288. The van der Waals surface area contributed by atoms with Crippen molar-refractivity contribution in [1.82, 2.24) is 20.2 Å². The van der Waals surface area contributed by atoms with Crippen LogP contribution in [0, 0.1) is 0 Å². The van der Waals surface area contributed by atoms with Gasteiger partial charge in [0, 0.05) is 26.6 Å². The lowest BCUT2D eigenvalue weighted by Crippen LogP contribution is -2.09. The van der Waals surface area contributed by atoms with E-state index in [1.165, 1.54) is 0 Å². The van der Waals surface area contributed by atoms with Crippen LogP contribution < -0.4 is 14.8 Å². The number of nitrogens with one attached hydrogen (secondary N) is 1. The van der Waals surface area contributed by atoms with E-state index in [4.69, 9.17) is 32.7 Å². The minimum Gasteiger partial charge on any atom is -0.490 e. The topological polar surface area (TPSA) is 74.1 Å². The number of halogens is 3. The fourth-order valence-electron chi connectivity index (χ4n) is 2.64. The van der Waals surface area contributed by atoms with Gasteiger partial charge in [0.2, 0.25) is 5.95 Å². The maximum absolute atomic E-state index is 6.24. The van der Waals surface area contributed by atoms with Gasteiger partial charge in [0.05, 0.1) is 13.2 Å². The zero-order chi connectivity index (χ0) is 21.5. The second-order valence-corrected chi connectivity index (χ2v) is 7.87. The van der Waals surface area contributed by atoms with Gasteiger partial charge in [0.15, 0.2) is 11.5 Å². The van der Waals surface area contributed by atoms with E-state index in [2.05, 4.69) is 43.4 Å². The standard InChI is InChI=1S/C20H20BrCl2N5O2/c1-3-7-28-20(25-26-27-28)24-11-14-8-18(29-4-2)19(10-16(14)21)30-12-13-5-6-15(22)9-17(13)23/h3,5-6,8-10H,1,4,7,11-12H2,2H3,(H,24,25,27). The molecule has 1 aromatic heterocycles. The highest BCUT2D eigenvalue weighted by Gasteiger charge is 2.13. The van der Waals surface area contributed by atoms with Crippen LogP contribution in [0.2, 0.25) is 10.0 Å². The molecule has 2 aromatic carbocycles. The van der Waals surface area contributed by atoms with Crippen molar-refractivity contribution in [2.45, 2.75) is 26.6 Å². The number of hydrogen-bond donors (Lipinski definition) is 1. The second-order valence-electron chi connectivity index (χ2n) is 6.17. The van der Waals surface area contributed by atoms with Crippen LogP contribution in [-0.4, -0.2) is 26.8 Å². The first-order valence-corrected chi connectivity index (χ1v) is 10.7. The SMILES string of the molecule is C=CCn1nnnc1NCc1cc(OCC)c(OCc2ccc(Cl)cc2Cl)cc1Br.